The summed E-state index contributed by atoms with van der Waals surface area (Å²) >= 11 is 0. The molecule has 0 bridgehead atoms. The second-order valence-electron chi connectivity index (χ2n) is 7.94. The fourth-order valence-electron chi connectivity index (χ4n) is 4.41. The number of hydrogen-bond donors (Lipinski definition) is 1. The molecule has 0 aromatic heterocycles. The Morgan fingerprint density at radius 3 is 2.55 bits per heavy atom. The molecule has 3 rings (SSSR count). The molecule has 0 radical (unpaired) electrons. The van der Waals surface area contributed by atoms with Crippen molar-refractivity contribution < 1.29 is 13.2 Å². The van der Waals surface area contributed by atoms with Crippen LogP contribution in [0, 0.1) is 0 Å². The minimum absolute atomic E-state index is 0.0873. The molecule has 0 aliphatic carbocycles. The van der Waals surface area contributed by atoms with E-state index in [1.807, 2.05) is 13.8 Å². The minimum atomic E-state index is -3.54. The van der Waals surface area contributed by atoms with E-state index in [0.717, 1.165) is 25.9 Å². The Kier molecular flexibility index (Phi) is 7.67. The van der Waals surface area contributed by atoms with Gasteiger partial charge in [0.25, 0.3) is 0 Å². The molecule has 0 saturated carbocycles. The van der Waals surface area contributed by atoms with Crippen LogP contribution in [0.25, 0.3) is 0 Å². The van der Waals surface area contributed by atoms with E-state index in [-0.39, 0.29) is 10.8 Å². The maximum Gasteiger partial charge on any atom is 0.243 e. The number of amides is 1. The maximum atomic E-state index is 12.7. The number of likely N-dealkylation sites (tertiary alicyclic amines) is 2. The Bertz CT molecular complexity index is 789. The van der Waals surface area contributed by atoms with E-state index in [2.05, 4.69) is 15.1 Å². The van der Waals surface area contributed by atoms with Crippen LogP contribution >= 0.6 is 0 Å². The van der Waals surface area contributed by atoms with Crippen molar-refractivity contribution in [3.63, 3.8) is 0 Å². The zero-order valence-corrected chi connectivity index (χ0v) is 18.5. The molecule has 1 aromatic carbocycles. The molecule has 1 aromatic rings. The minimum Gasteiger partial charge on any atom is -0.325 e. The first-order valence-corrected chi connectivity index (χ1v) is 12.2. The average Bonchev–Trinajstić information content (AvgIpc) is 3.35. The van der Waals surface area contributed by atoms with Gasteiger partial charge in [0.2, 0.25) is 15.9 Å². The first-order valence-electron chi connectivity index (χ1n) is 10.8. The lowest BCUT2D eigenvalue weighted by molar-refractivity contribution is -0.117. The van der Waals surface area contributed by atoms with Crippen LogP contribution in [0.1, 0.15) is 39.5 Å². The number of carbonyl (C=O) groups excluding carboxylic acids is 1. The molecule has 0 spiro atoms. The second-order valence-corrected chi connectivity index (χ2v) is 9.88. The monoisotopic (exact) mass is 422 g/mol. The number of benzene rings is 1. The van der Waals surface area contributed by atoms with Crippen LogP contribution in [0.2, 0.25) is 0 Å². The summed E-state index contributed by atoms with van der Waals surface area (Å²) in [7, 11) is -3.54. The van der Waals surface area contributed by atoms with Crippen molar-refractivity contribution in [2.24, 2.45) is 0 Å². The van der Waals surface area contributed by atoms with E-state index in [0.29, 0.717) is 31.4 Å². The van der Waals surface area contributed by atoms with Crippen LogP contribution in [0.5, 0.6) is 0 Å². The molecule has 1 N–H and O–H groups in total. The summed E-state index contributed by atoms with van der Waals surface area (Å²) in [6, 6.07) is 6.99. The number of nitrogens with one attached hydrogen (secondary N) is 1. The summed E-state index contributed by atoms with van der Waals surface area (Å²) in [4.78, 5) is 17.6. The van der Waals surface area contributed by atoms with Crippen molar-refractivity contribution in [1.82, 2.24) is 14.1 Å². The zero-order valence-electron chi connectivity index (χ0n) is 17.6. The normalized spacial score (nSPS) is 21.1. The Morgan fingerprint density at radius 1 is 1.14 bits per heavy atom. The van der Waals surface area contributed by atoms with Gasteiger partial charge in [-0.1, -0.05) is 19.9 Å². The molecule has 162 valence electrons. The summed E-state index contributed by atoms with van der Waals surface area (Å²) in [5.74, 6) is -0.0873. The highest BCUT2D eigenvalue weighted by atomic mass is 32.2. The summed E-state index contributed by atoms with van der Waals surface area (Å²) in [6.45, 7) is 9.17. The average molecular weight is 423 g/mol. The molecular weight excluding hydrogens is 388 g/mol. The molecule has 2 saturated heterocycles. The molecule has 2 aliphatic rings. The van der Waals surface area contributed by atoms with Crippen LogP contribution in [-0.2, 0) is 14.8 Å². The predicted octanol–water partition coefficient (Wildman–Crippen LogP) is 2.22. The van der Waals surface area contributed by atoms with Crippen molar-refractivity contribution in [3.8, 4) is 0 Å². The number of nitrogens with zero attached hydrogens (tertiary/aromatic N) is 3. The van der Waals surface area contributed by atoms with E-state index < -0.39 is 10.0 Å². The van der Waals surface area contributed by atoms with Gasteiger partial charge in [0, 0.05) is 31.4 Å². The fraction of sp³-hybridized carbons (Fsp3) is 0.667. The highest BCUT2D eigenvalue weighted by Crippen LogP contribution is 2.22. The molecule has 2 heterocycles. The highest BCUT2D eigenvalue weighted by molar-refractivity contribution is 7.89. The largest absolute Gasteiger partial charge is 0.325 e. The van der Waals surface area contributed by atoms with Crippen LogP contribution in [0.15, 0.2) is 29.2 Å². The number of hydrogen-bond acceptors (Lipinski definition) is 5. The number of carbonyl (C=O) groups is 1. The quantitative estimate of drug-likeness (QED) is 0.661. The van der Waals surface area contributed by atoms with Gasteiger partial charge in [-0.25, -0.2) is 8.42 Å². The lowest BCUT2D eigenvalue weighted by Gasteiger charge is -2.28. The Labute approximate surface area is 175 Å². The van der Waals surface area contributed by atoms with E-state index in [4.69, 9.17) is 0 Å². The Morgan fingerprint density at radius 2 is 1.86 bits per heavy atom. The first kappa shape index (κ1) is 22.2. The lowest BCUT2D eigenvalue weighted by atomic mass is 10.2. The summed E-state index contributed by atoms with van der Waals surface area (Å²) in [5, 5.41) is 2.89. The maximum absolute atomic E-state index is 12.7. The van der Waals surface area contributed by atoms with Gasteiger partial charge in [-0.15, -0.1) is 0 Å². The summed E-state index contributed by atoms with van der Waals surface area (Å²) in [6.07, 6.45) is 4.82. The molecule has 1 amide bonds. The molecule has 7 nitrogen and oxygen atoms in total. The standard InChI is InChI=1S/C21H34N4O3S/c1-3-25(4-2)29(27,28)20-11-7-9-18(15-20)22-21(26)17-24-14-8-10-19(24)16-23-12-5-6-13-23/h7,9,11,15,19H,3-6,8,10,12-14,16-17H2,1-2H3,(H,22,26). The van der Waals surface area contributed by atoms with Gasteiger partial charge in [-0.2, -0.15) is 4.31 Å². The van der Waals surface area contributed by atoms with Crippen LogP contribution in [0.4, 0.5) is 5.69 Å². The molecule has 29 heavy (non-hydrogen) atoms. The summed E-state index contributed by atoms with van der Waals surface area (Å²) < 4.78 is 26.9. The van der Waals surface area contributed by atoms with Gasteiger partial charge in [-0.3, -0.25) is 9.69 Å². The topological polar surface area (TPSA) is 73.0 Å². The van der Waals surface area contributed by atoms with Gasteiger partial charge in [0.05, 0.1) is 11.4 Å². The molecule has 2 aliphatic heterocycles. The van der Waals surface area contributed by atoms with Gasteiger partial charge in [0.15, 0.2) is 0 Å². The lowest BCUT2D eigenvalue weighted by Crippen LogP contribution is -2.42. The summed E-state index contributed by atoms with van der Waals surface area (Å²) in [5.41, 5.74) is 0.526. The molecule has 1 unspecified atom stereocenters. The zero-order chi connectivity index (χ0) is 20.9. The smallest absolute Gasteiger partial charge is 0.243 e. The molecule has 8 heteroatoms. The highest BCUT2D eigenvalue weighted by Gasteiger charge is 2.29. The van der Waals surface area contributed by atoms with Crippen LogP contribution in [-0.4, -0.2) is 80.3 Å². The van der Waals surface area contributed by atoms with Crippen molar-refractivity contribution in [1.29, 1.82) is 0 Å². The van der Waals surface area contributed by atoms with E-state index in [1.165, 1.54) is 30.2 Å². The van der Waals surface area contributed by atoms with Crippen molar-refractivity contribution >= 4 is 21.6 Å². The molecular formula is C21H34N4O3S. The first-order chi connectivity index (χ1) is 13.9. The van der Waals surface area contributed by atoms with Gasteiger partial charge in [0.1, 0.15) is 0 Å². The van der Waals surface area contributed by atoms with Crippen molar-refractivity contribution in [2.45, 2.75) is 50.5 Å². The predicted molar refractivity (Wildman–Crippen MR) is 115 cm³/mol. The number of rotatable bonds is 9. The van der Waals surface area contributed by atoms with Crippen LogP contribution < -0.4 is 5.32 Å². The second kappa shape index (κ2) is 10.0. The van der Waals surface area contributed by atoms with Crippen LogP contribution in [0.3, 0.4) is 0 Å². The van der Waals surface area contributed by atoms with E-state index in [9.17, 15) is 13.2 Å². The number of anilines is 1. The van der Waals surface area contributed by atoms with Gasteiger partial charge < -0.3 is 10.2 Å². The fourth-order valence-corrected chi connectivity index (χ4v) is 5.91. The molecule has 2 fully saturated rings. The SMILES string of the molecule is CCN(CC)S(=O)(=O)c1cccc(NC(=O)CN2CCCC2CN2CCCC2)c1. The van der Waals surface area contributed by atoms with Crippen molar-refractivity contribution in [2.75, 3.05) is 51.1 Å². The number of sulfonamides is 1. The van der Waals surface area contributed by atoms with Crippen molar-refractivity contribution in [3.05, 3.63) is 24.3 Å². The Hall–Kier alpha value is -1.48. The Balaban J connectivity index is 1.60. The third-order valence-corrected chi connectivity index (χ3v) is 8.02. The van der Waals surface area contributed by atoms with Gasteiger partial charge >= 0.3 is 0 Å². The van der Waals surface area contributed by atoms with E-state index >= 15 is 0 Å². The molecule has 1 atom stereocenters. The third-order valence-electron chi connectivity index (χ3n) is 5.97. The van der Waals surface area contributed by atoms with E-state index in [1.54, 1.807) is 24.3 Å². The third kappa shape index (κ3) is 5.57. The van der Waals surface area contributed by atoms with Gasteiger partial charge in [-0.05, 0) is 63.5 Å².